The van der Waals surface area contributed by atoms with Crippen LogP contribution < -0.4 is 21.3 Å². The Kier molecular flexibility index (Phi) is 4.73. The molecule has 6 heteroatoms. The quantitative estimate of drug-likeness (QED) is 0.549. The van der Waals surface area contributed by atoms with Gasteiger partial charge in [-0.05, 0) is 25.0 Å². The van der Waals surface area contributed by atoms with Gasteiger partial charge in [0.25, 0.3) is 0 Å². The molecule has 2 rings (SSSR count). The zero-order chi connectivity index (χ0) is 14.4. The van der Waals surface area contributed by atoms with E-state index in [9.17, 15) is 0 Å². The minimum Gasteiger partial charge on any atom is -0.496 e. The van der Waals surface area contributed by atoms with Crippen molar-refractivity contribution in [1.29, 1.82) is 0 Å². The summed E-state index contributed by atoms with van der Waals surface area (Å²) in [6, 6.07) is 7.98. The molecule has 0 bridgehead atoms. The number of rotatable bonds is 6. The summed E-state index contributed by atoms with van der Waals surface area (Å²) in [6.07, 6.45) is 2.58. The predicted octanol–water partition coefficient (Wildman–Crippen LogP) is 1.73. The second kappa shape index (κ2) is 6.72. The van der Waals surface area contributed by atoms with E-state index in [1.54, 1.807) is 13.3 Å². The number of benzene rings is 1. The SMILES string of the molecule is COc1ccccc1CCNc1nc(NN)ncc1C. The molecule has 0 saturated heterocycles. The van der Waals surface area contributed by atoms with Gasteiger partial charge in [-0.3, -0.25) is 5.43 Å². The molecule has 106 valence electrons. The zero-order valence-corrected chi connectivity index (χ0v) is 11.7. The van der Waals surface area contributed by atoms with E-state index < -0.39 is 0 Å². The summed E-state index contributed by atoms with van der Waals surface area (Å²) in [5.41, 5.74) is 4.57. The molecule has 1 heterocycles. The lowest BCUT2D eigenvalue weighted by Crippen LogP contribution is -2.14. The van der Waals surface area contributed by atoms with Gasteiger partial charge < -0.3 is 10.1 Å². The fraction of sp³-hybridized carbons (Fsp3) is 0.286. The molecule has 0 aliphatic rings. The van der Waals surface area contributed by atoms with Crippen molar-refractivity contribution in [2.24, 2.45) is 5.84 Å². The van der Waals surface area contributed by atoms with E-state index in [0.717, 1.165) is 35.7 Å². The molecule has 0 saturated carbocycles. The number of nitrogens with zero attached hydrogens (tertiary/aromatic N) is 2. The maximum absolute atomic E-state index is 5.33. The second-order valence-corrected chi connectivity index (χ2v) is 4.36. The number of hydrazine groups is 1. The van der Waals surface area contributed by atoms with E-state index in [1.807, 2.05) is 25.1 Å². The number of hydrogen-bond donors (Lipinski definition) is 3. The number of nitrogens with two attached hydrogens (primary N) is 1. The Bertz CT molecular complexity index is 573. The van der Waals surface area contributed by atoms with Gasteiger partial charge in [-0.25, -0.2) is 10.8 Å². The molecule has 1 aromatic heterocycles. The first kappa shape index (κ1) is 14.1. The Morgan fingerprint density at radius 2 is 2.10 bits per heavy atom. The van der Waals surface area contributed by atoms with Gasteiger partial charge in [-0.2, -0.15) is 4.98 Å². The third kappa shape index (κ3) is 3.36. The first-order valence-corrected chi connectivity index (χ1v) is 6.40. The molecule has 20 heavy (non-hydrogen) atoms. The number of nitrogens with one attached hydrogen (secondary N) is 2. The van der Waals surface area contributed by atoms with E-state index in [0.29, 0.717) is 5.95 Å². The number of aryl methyl sites for hydroxylation is 1. The summed E-state index contributed by atoms with van der Waals surface area (Å²) in [5, 5.41) is 3.29. The van der Waals surface area contributed by atoms with Crippen molar-refractivity contribution in [2.75, 3.05) is 24.4 Å². The van der Waals surface area contributed by atoms with E-state index in [1.165, 1.54) is 0 Å². The highest BCUT2D eigenvalue weighted by Crippen LogP contribution is 2.18. The molecule has 0 radical (unpaired) electrons. The van der Waals surface area contributed by atoms with Crippen molar-refractivity contribution < 1.29 is 4.74 Å². The predicted molar refractivity (Wildman–Crippen MR) is 79.8 cm³/mol. The second-order valence-electron chi connectivity index (χ2n) is 4.36. The Hall–Kier alpha value is -2.34. The number of aromatic nitrogens is 2. The lowest BCUT2D eigenvalue weighted by atomic mass is 10.1. The Balaban J connectivity index is 1.99. The van der Waals surface area contributed by atoms with E-state index in [4.69, 9.17) is 10.6 Å². The molecule has 0 amide bonds. The third-order valence-electron chi connectivity index (χ3n) is 2.98. The van der Waals surface area contributed by atoms with Crippen molar-refractivity contribution >= 4 is 11.8 Å². The van der Waals surface area contributed by atoms with Crippen LogP contribution in [-0.4, -0.2) is 23.6 Å². The smallest absolute Gasteiger partial charge is 0.239 e. The maximum Gasteiger partial charge on any atom is 0.239 e. The van der Waals surface area contributed by atoms with Gasteiger partial charge in [0.15, 0.2) is 0 Å². The minimum absolute atomic E-state index is 0.399. The Morgan fingerprint density at radius 3 is 2.85 bits per heavy atom. The standard InChI is InChI=1S/C14H19N5O/c1-10-9-17-14(19-15)18-13(10)16-8-7-11-5-3-4-6-12(11)20-2/h3-6,9H,7-8,15H2,1-2H3,(H2,16,17,18,19). The summed E-state index contributed by atoms with van der Waals surface area (Å²) in [5.74, 6) is 7.39. The van der Waals surface area contributed by atoms with Crippen molar-refractivity contribution in [2.45, 2.75) is 13.3 Å². The van der Waals surface area contributed by atoms with E-state index >= 15 is 0 Å². The number of nitrogen functional groups attached to an aromatic ring is 1. The number of anilines is 2. The lowest BCUT2D eigenvalue weighted by molar-refractivity contribution is 0.410. The van der Waals surface area contributed by atoms with Gasteiger partial charge in [0.1, 0.15) is 11.6 Å². The van der Waals surface area contributed by atoms with Crippen LogP contribution >= 0.6 is 0 Å². The molecule has 0 fully saturated rings. The van der Waals surface area contributed by atoms with Crippen molar-refractivity contribution in [1.82, 2.24) is 9.97 Å². The molecule has 0 aliphatic heterocycles. The fourth-order valence-electron chi connectivity index (χ4n) is 1.92. The number of para-hydroxylation sites is 1. The molecular formula is C14H19N5O. The highest BCUT2D eigenvalue weighted by atomic mass is 16.5. The van der Waals surface area contributed by atoms with Gasteiger partial charge in [0.2, 0.25) is 5.95 Å². The normalized spacial score (nSPS) is 10.2. The summed E-state index contributed by atoms with van der Waals surface area (Å²) >= 11 is 0. The topological polar surface area (TPSA) is 85.1 Å². The van der Waals surface area contributed by atoms with Crippen molar-refractivity contribution in [3.63, 3.8) is 0 Å². The average molecular weight is 273 g/mol. The number of methoxy groups -OCH3 is 1. The van der Waals surface area contributed by atoms with Crippen LogP contribution in [0.2, 0.25) is 0 Å². The van der Waals surface area contributed by atoms with E-state index in [2.05, 4.69) is 26.8 Å². The fourth-order valence-corrected chi connectivity index (χ4v) is 1.92. The monoisotopic (exact) mass is 273 g/mol. The first-order chi connectivity index (χ1) is 9.74. The van der Waals surface area contributed by atoms with Gasteiger partial charge >= 0.3 is 0 Å². The summed E-state index contributed by atoms with van der Waals surface area (Å²) in [7, 11) is 1.68. The van der Waals surface area contributed by atoms with Crippen LogP contribution in [0.5, 0.6) is 5.75 Å². The highest BCUT2D eigenvalue weighted by molar-refractivity contribution is 5.46. The lowest BCUT2D eigenvalue weighted by Gasteiger charge is -2.11. The van der Waals surface area contributed by atoms with Crippen LogP contribution in [-0.2, 0) is 6.42 Å². The molecule has 0 aliphatic carbocycles. The molecular weight excluding hydrogens is 254 g/mol. The summed E-state index contributed by atoms with van der Waals surface area (Å²) < 4.78 is 5.33. The first-order valence-electron chi connectivity index (χ1n) is 6.40. The van der Waals surface area contributed by atoms with E-state index in [-0.39, 0.29) is 0 Å². The number of hydrogen-bond acceptors (Lipinski definition) is 6. The maximum atomic E-state index is 5.33. The van der Waals surface area contributed by atoms with Crippen LogP contribution in [0.25, 0.3) is 0 Å². The van der Waals surface area contributed by atoms with Crippen LogP contribution in [0.4, 0.5) is 11.8 Å². The van der Waals surface area contributed by atoms with Crippen molar-refractivity contribution in [3.05, 3.63) is 41.6 Å². The summed E-state index contributed by atoms with van der Waals surface area (Å²) in [4.78, 5) is 8.32. The van der Waals surface area contributed by atoms with Crippen LogP contribution in [0, 0.1) is 6.92 Å². The zero-order valence-electron chi connectivity index (χ0n) is 11.7. The molecule has 6 nitrogen and oxygen atoms in total. The highest BCUT2D eigenvalue weighted by Gasteiger charge is 2.04. The van der Waals surface area contributed by atoms with Crippen LogP contribution in [0.3, 0.4) is 0 Å². The van der Waals surface area contributed by atoms with Crippen molar-refractivity contribution in [3.8, 4) is 5.75 Å². The van der Waals surface area contributed by atoms with Gasteiger partial charge in [0, 0.05) is 18.3 Å². The van der Waals surface area contributed by atoms with Gasteiger partial charge in [-0.15, -0.1) is 0 Å². The molecule has 0 atom stereocenters. The van der Waals surface area contributed by atoms with Crippen LogP contribution in [0.1, 0.15) is 11.1 Å². The minimum atomic E-state index is 0.399. The van der Waals surface area contributed by atoms with Gasteiger partial charge in [0.05, 0.1) is 7.11 Å². The molecule has 0 unspecified atom stereocenters. The molecule has 1 aromatic carbocycles. The number of ether oxygens (including phenoxy) is 1. The Labute approximate surface area is 118 Å². The molecule has 0 spiro atoms. The summed E-state index contributed by atoms with van der Waals surface area (Å²) in [6.45, 7) is 2.70. The molecule has 4 N–H and O–H groups in total. The van der Waals surface area contributed by atoms with Gasteiger partial charge in [-0.1, -0.05) is 18.2 Å². The third-order valence-corrected chi connectivity index (χ3v) is 2.98. The largest absolute Gasteiger partial charge is 0.496 e. The molecule has 2 aromatic rings. The van der Waals surface area contributed by atoms with Crippen LogP contribution in [0.15, 0.2) is 30.5 Å². The average Bonchev–Trinajstić information content (AvgIpc) is 2.49. The Morgan fingerprint density at radius 1 is 1.30 bits per heavy atom.